The molecule has 1 fully saturated rings. The van der Waals surface area contributed by atoms with Gasteiger partial charge in [0.05, 0.1) is 0 Å². The molecule has 1 aliphatic heterocycles. The van der Waals surface area contributed by atoms with E-state index in [0.29, 0.717) is 6.54 Å². The van der Waals surface area contributed by atoms with Crippen LogP contribution in [0.4, 0.5) is 8.78 Å². The number of halogens is 2. The molecule has 1 aliphatic rings. The zero-order chi connectivity index (χ0) is 24.9. The molecule has 0 bridgehead atoms. The van der Waals surface area contributed by atoms with Crippen molar-refractivity contribution in [1.82, 2.24) is 15.1 Å². The second-order valence-electron chi connectivity index (χ2n) is 8.13. The van der Waals surface area contributed by atoms with Gasteiger partial charge in [-0.05, 0) is 47.5 Å². The van der Waals surface area contributed by atoms with Crippen molar-refractivity contribution in [2.24, 2.45) is 5.73 Å². The topological polar surface area (TPSA) is 95.7 Å². The van der Waals surface area contributed by atoms with E-state index in [1.807, 2.05) is 24.3 Å². The van der Waals surface area contributed by atoms with Gasteiger partial charge in [-0.3, -0.25) is 14.4 Å². The number of amides is 3. The third-order valence-corrected chi connectivity index (χ3v) is 5.77. The Balaban J connectivity index is 1.61. The van der Waals surface area contributed by atoms with Gasteiger partial charge in [-0.25, -0.2) is 8.78 Å². The van der Waals surface area contributed by atoms with Crippen molar-refractivity contribution in [2.45, 2.75) is 19.3 Å². The second kappa shape index (κ2) is 10.4. The molecule has 180 valence electrons. The third-order valence-electron chi connectivity index (χ3n) is 5.77. The quantitative estimate of drug-likeness (QED) is 0.570. The van der Waals surface area contributed by atoms with Crippen LogP contribution in [0.1, 0.15) is 31.8 Å². The molecule has 0 spiro atoms. The summed E-state index contributed by atoms with van der Waals surface area (Å²) in [7, 11) is 0. The van der Waals surface area contributed by atoms with E-state index in [-0.39, 0.29) is 30.8 Å². The highest BCUT2D eigenvalue weighted by atomic mass is 19.1. The monoisotopic (exact) mass is 478 g/mol. The van der Waals surface area contributed by atoms with Gasteiger partial charge in [0.15, 0.2) is 6.17 Å². The van der Waals surface area contributed by atoms with Crippen LogP contribution in [0.15, 0.2) is 72.8 Å². The van der Waals surface area contributed by atoms with E-state index < -0.39 is 35.5 Å². The van der Waals surface area contributed by atoms with Crippen molar-refractivity contribution in [3.63, 3.8) is 0 Å². The summed E-state index contributed by atoms with van der Waals surface area (Å²) < 4.78 is 27.5. The molecule has 0 aliphatic carbocycles. The molecule has 3 N–H and O–H groups in total. The second-order valence-corrected chi connectivity index (χ2v) is 8.13. The van der Waals surface area contributed by atoms with Crippen LogP contribution in [0.3, 0.4) is 0 Å². The van der Waals surface area contributed by atoms with Gasteiger partial charge in [0.1, 0.15) is 11.6 Å². The first-order valence-electron chi connectivity index (χ1n) is 11.1. The summed E-state index contributed by atoms with van der Waals surface area (Å²) in [4.78, 5) is 42.2. The summed E-state index contributed by atoms with van der Waals surface area (Å²) in [6.45, 7) is 0.595. The Morgan fingerprint density at radius 1 is 0.800 bits per heavy atom. The average Bonchev–Trinajstić information content (AvgIpc) is 3.31. The van der Waals surface area contributed by atoms with Crippen LogP contribution in [0.2, 0.25) is 0 Å². The normalized spacial score (nSPS) is 13.7. The molecule has 0 atom stereocenters. The molecule has 35 heavy (non-hydrogen) atoms. The lowest BCUT2D eigenvalue weighted by Crippen LogP contribution is -2.53. The molecule has 1 saturated heterocycles. The lowest BCUT2D eigenvalue weighted by Gasteiger charge is -2.29. The van der Waals surface area contributed by atoms with Gasteiger partial charge in [0, 0.05) is 37.3 Å². The van der Waals surface area contributed by atoms with Crippen molar-refractivity contribution in [2.75, 3.05) is 13.1 Å². The highest BCUT2D eigenvalue weighted by Gasteiger charge is 2.43. The Hall–Kier alpha value is -4.11. The highest BCUT2D eigenvalue weighted by Crippen LogP contribution is 2.22. The maximum absolute atomic E-state index is 13.7. The summed E-state index contributed by atoms with van der Waals surface area (Å²) in [6.07, 6.45) is -1.29. The smallest absolute Gasteiger partial charge is 0.264 e. The standard InChI is InChI=1S/C26H24F2N4O3/c27-21-8-2-6-19(13-21)25(34)31-10-11-32(26(35)20-7-3-9-22(28)14-20)24(31)23(33)30-16-18-5-1-4-17(12-18)15-29/h1-9,12-14,24H,10-11,15-16,29H2,(H,30,33). The number of hydrogen-bond donors (Lipinski definition) is 2. The summed E-state index contributed by atoms with van der Waals surface area (Å²) >= 11 is 0. The highest BCUT2D eigenvalue weighted by molar-refractivity contribution is 6.02. The van der Waals surface area contributed by atoms with E-state index in [2.05, 4.69) is 5.32 Å². The molecule has 0 saturated carbocycles. The number of hydrogen-bond acceptors (Lipinski definition) is 4. The maximum Gasteiger partial charge on any atom is 0.264 e. The van der Waals surface area contributed by atoms with E-state index in [0.717, 1.165) is 23.3 Å². The molecule has 0 unspecified atom stereocenters. The molecule has 3 amide bonds. The third kappa shape index (κ3) is 5.36. The molecule has 7 nitrogen and oxygen atoms in total. The SMILES string of the molecule is NCc1cccc(CNC(=O)C2N(C(=O)c3cccc(F)c3)CCN2C(=O)c2cccc(F)c2)c1. The Bertz CT molecular complexity index is 1200. The first kappa shape index (κ1) is 24.0. The summed E-state index contributed by atoms with van der Waals surface area (Å²) in [5.74, 6) is -2.96. The minimum absolute atomic E-state index is 0.0527. The molecule has 1 heterocycles. The molecule has 3 aromatic rings. The fourth-order valence-electron chi connectivity index (χ4n) is 4.06. The van der Waals surface area contributed by atoms with Gasteiger partial charge >= 0.3 is 0 Å². The molecular weight excluding hydrogens is 454 g/mol. The first-order valence-corrected chi connectivity index (χ1v) is 11.1. The number of carbonyl (C=O) groups excluding carboxylic acids is 3. The molecule has 0 radical (unpaired) electrons. The lowest BCUT2D eigenvalue weighted by atomic mass is 10.1. The minimum atomic E-state index is -1.29. The summed E-state index contributed by atoms with van der Waals surface area (Å²) in [5, 5.41) is 2.77. The predicted octanol–water partition coefficient (Wildman–Crippen LogP) is 2.66. The van der Waals surface area contributed by atoms with Gasteiger partial charge in [0.2, 0.25) is 0 Å². The number of nitrogens with zero attached hydrogens (tertiary/aromatic N) is 2. The Morgan fingerprint density at radius 2 is 1.31 bits per heavy atom. The van der Waals surface area contributed by atoms with E-state index in [9.17, 15) is 23.2 Å². The number of nitrogens with two attached hydrogens (primary N) is 1. The number of carbonyl (C=O) groups is 3. The first-order chi connectivity index (χ1) is 16.9. The van der Waals surface area contributed by atoms with Crippen molar-refractivity contribution in [3.8, 4) is 0 Å². The van der Waals surface area contributed by atoms with Gasteiger partial charge in [-0.1, -0.05) is 36.4 Å². The van der Waals surface area contributed by atoms with Crippen LogP contribution in [-0.4, -0.2) is 46.8 Å². The van der Waals surface area contributed by atoms with Crippen molar-refractivity contribution in [3.05, 3.63) is 107 Å². The van der Waals surface area contributed by atoms with Gasteiger partial charge in [0.25, 0.3) is 17.7 Å². The molecule has 0 aromatic heterocycles. The van der Waals surface area contributed by atoms with E-state index in [4.69, 9.17) is 5.73 Å². The van der Waals surface area contributed by atoms with Crippen LogP contribution >= 0.6 is 0 Å². The number of rotatable bonds is 6. The zero-order valence-corrected chi connectivity index (χ0v) is 18.8. The number of nitrogens with one attached hydrogen (secondary N) is 1. The molecular formula is C26H24F2N4O3. The van der Waals surface area contributed by atoms with Crippen molar-refractivity contribution >= 4 is 17.7 Å². The van der Waals surface area contributed by atoms with Crippen LogP contribution in [0, 0.1) is 11.6 Å². The van der Waals surface area contributed by atoms with Gasteiger partial charge < -0.3 is 20.9 Å². The van der Waals surface area contributed by atoms with Gasteiger partial charge in [-0.15, -0.1) is 0 Å². The Morgan fingerprint density at radius 3 is 1.83 bits per heavy atom. The van der Waals surface area contributed by atoms with Crippen LogP contribution in [0.25, 0.3) is 0 Å². The van der Waals surface area contributed by atoms with Crippen LogP contribution < -0.4 is 11.1 Å². The van der Waals surface area contributed by atoms with Gasteiger partial charge in [-0.2, -0.15) is 0 Å². The van der Waals surface area contributed by atoms with Crippen LogP contribution in [0.5, 0.6) is 0 Å². The zero-order valence-electron chi connectivity index (χ0n) is 18.8. The lowest BCUT2D eigenvalue weighted by molar-refractivity contribution is -0.128. The average molecular weight is 478 g/mol. The fraction of sp³-hybridized carbons (Fsp3) is 0.192. The Kier molecular flexibility index (Phi) is 7.17. The molecule has 9 heteroatoms. The summed E-state index contributed by atoms with van der Waals surface area (Å²) in [6, 6.07) is 17.6. The molecule has 4 rings (SSSR count). The van der Waals surface area contributed by atoms with E-state index in [1.165, 1.54) is 46.2 Å². The van der Waals surface area contributed by atoms with Crippen LogP contribution in [-0.2, 0) is 17.9 Å². The minimum Gasteiger partial charge on any atom is -0.349 e. The van der Waals surface area contributed by atoms with E-state index >= 15 is 0 Å². The number of benzene rings is 3. The largest absolute Gasteiger partial charge is 0.349 e. The molecule has 3 aromatic carbocycles. The Labute approximate surface area is 201 Å². The fourth-order valence-corrected chi connectivity index (χ4v) is 4.06. The van der Waals surface area contributed by atoms with E-state index in [1.54, 1.807) is 0 Å². The summed E-state index contributed by atoms with van der Waals surface area (Å²) in [5.41, 5.74) is 7.48. The predicted molar refractivity (Wildman–Crippen MR) is 125 cm³/mol. The van der Waals surface area contributed by atoms with Crippen molar-refractivity contribution in [1.29, 1.82) is 0 Å². The maximum atomic E-state index is 13.7. The van der Waals surface area contributed by atoms with Crippen molar-refractivity contribution < 1.29 is 23.2 Å².